The molecule has 2 unspecified atom stereocenters. The maximum atomic E-state index is 12.7. The first kappa shape index (κ1) is 14.4. The number of hydrogen-bond acceptors (Lipinski definition) is 2. The van der Waals surface area contributed by atoms with E-state index < -0.39 is 0 Å². The van der Waals surface area contributed by atoms with Crippen molar-refractivity contribution in [3.8, 4) is 0 Å². The summed E-state index contributed by atoms with van der Waals surface area (Å²) in [5, 5.41) is 6.70. The number of rotatable bonds is 3. The number of para-hydroxylation sites is 1. The number of carbonyl (C=O) groups is 1. The van der Waals surface area contributed by atoms with Gasteiger partial charge >= 0.3 is 0 Å². The molecule has 1 heterocycles. The van der Waals surface area contributed by atoms with Crippen molar-refractivity contribution >= 4 is 11.6 Å². The van der Waals surface area contributed by atoms with Gasteiger partial charge in [0, 0.05) is 18.3 Å². The third kappa shape index (κ3) is 3.07. The van der Waals surface area contributed by atoms with Crippen molar-refractivity contribution < 1.29 is 4.79 Å². The van der Waals surface area contributed by atoms with Gasteiger partial charge in [0.1, 0.15) is 0 Å². The molecule has 0 bridgehead atoms. The number of carbonyl (C=O) groups excluding carboxylic acids is 1. The molecule has 3 nitrogen and oxygen atoms in total. The first-order valence-corrected chi connectivity index (χ1v) is 8.21. The Bertz CT molecular complexity index is 520. The van der Waals surface area contributed by atoms with Crippen molar-refractivity contribution in [1.82, 2.24) is 5.32 Å². The molecule has 1 aromatic carbocycles. The molecule has 1 aliphatic carbocycles. The second-order valence-electron chi connectivity index (χ2n) is 7.16. The van der Waals surface area contributed by atoms with Gasteiger partial charge in [-0.3, -0.25) is 4.79 Å². The summed E-state index contributed by atoms with van der Waals surface area (Å²) in [5.41, 5.74) is 2.57. The third-order valence-corrected chi connectivity index (χ3v) is 5.14. The Labute approximate surface area is 127 Å². The zero-order valence-corrected chi connectivity index (χ0v) is 13.1. The van der Waals surface area contributed by atoms with Crippen LogP contribution in [0.25, 0.3) is 0 Å². The lowest BCUT2D eigenvalue weighted by Gasteiger charge is -2.32. The van der Waals surface area contributed by atoms with Gasteiger partial charge in [0.15, 0.2) is 0 Å². The van der Waals surface area contributed by atoms with E-state index in [0.717, 1.165) is 24.2 Å². The second kappa shape index (κ2) is 5.70. The number of anilines is 1. The zero-order chi connectivity index (χ0) is 14.9. The smallest absolute Gasteiger partial charge is 0.227 e. The number of hydrogen-bond donors (Lipinski definition) is 2. The largest absolute Gasteiger partial charge is 0.382 e. The van der Waals surface area contributed by atoms with Crippen molar-refractivity contribution in [2.75, 3.05) is 11.9 Å². The Morgan fingerprint density at radius 1 is 1.33 bits per heavy atom. The molecule has 1 amide bonds. The van der Waals surface area contributed by atoms with Crippen LogP contribution in [0.4, 0.5) is 5.69 Å². The van der Waals surface area contributed by atoms with E-state index in [4.69, 9.17) is 0 Å². The SMILES string of the molecule is CC1CC(C(=O)NCC2(C)CCCC2)c2ccccc2N1. The van der Waals surface area contributed by atoms with Crippen LogP contribution in [0.1, 0.15) is 57.4 Å². The summed E-state index contributed by atoms with van der Waals surface area (Å²) in [6.45, 7) is 5.28. The maximum Gasteiger partial charge on any atom is 0.227 e. The van der Waals surface area contributed by atoms with Gasteiger partial charge in [0.25, 0.3) is 0 Å². The lowest BCUT2D eigenvalue weighted by atomic mass is 9.85. The molecule has 0 saturated heterocycles. The summed E-state index contributed by atoms with van der Waals surface area (Å²) in [6, 6.07) is 8.55. The van der Waals surface area contributed by atoms with E-state index in [1.54, 1.807) is 0 Å². The summed E-state index contributed by atoms with van der Waals surface area (Å²) in [7, 11) is 0. The number of amides is 1. The van der Waals surface area contributed by atoms with Gasteiger partial charge in [0.05, 0.1) is 5.92 Å². The minimum Gasteiger partial charge on any atom is -0.382 e. The predicted octanol–water partition coefficient (Wildman–Crippen LogP) is 3.67. The summed E-state index contributed by atoms with van der Waals surface area (Å²) < 4.78 is 0. The Morgan fingerprint density at radius 3 is 2.81 bits per heavy atom. The average molecular weight is 286 g/mol. The molecule has 21 heavy (non-hydrogen) atoms. The van der Waals surface area contributed by atoms with Crippen LogP contribution in [0.15, 0.2) is 24.3 Å². The van der Waals surface area contributed by atoms with Gasteiger partial charge < -0.3 is 10.6 Å². The standard InChI is InChI=1S/C18H26N2O/c1-13-11-15(14-7-3-4-8-16(14)20-13)17(21)19-12-18(2)9-5-6-10-18/h3-4,7-8,13,15,20H,5-6,9-12H2,1-2H3,(H,19,21). The summed E-state index contributed by atoms with van der Waals surface area (Å²) in [5.74, 6) is 0.186. The Hall–Kier alpha value is -1.51. The van der Waals surface area contributed by atoms with Crippen molar-refractivity contribution in [1.29, 1.82) is 0 Å². The van der Waals surface area contributed by atoms with E-state index >= 15 is 0 Å². The molecular formula is C18H26N2O. The van der Waals surface area contributed by atoms with Crippen LogP contribution in [0.3, 0.4) is 0 Å². The topological polar surface area (TPSA) is 41.1 Å². The van der Waals surface area contributed by atoms with Crippen molar-refractivity contribution in [2.45, 2.75) is 57.9 Å². The Balaban J connectivity index is 1.70. The van der Waals surface area contributed by atoms with Crippen LogP contribution in [0.2, 0.25) is 0 Å². The molecule has 0 aromatic heterocycles. The monoisotopic (exact) mass is 286 g/mol. The van der Waals surface area contributed by atoms with Crippen molar-refractivity contribution in [3.05, 3.63) is 29.8 Å². The van der Waals surface area contributed by atoms with Gasteiger partial charge in [-0.25, -0.2) is 0 Å². The summed E-state index contributed by atoms with van der Waals surface area (Å²) in [6.07, 6.45) is 5.97. The summed E-state index contributed by atoms with van der Waals surface area (Å²) >= 11 is 0. The molecular weight excluding hydrogens is 260 g/mol. The quantitative estimate of drug-likeness (QED) is 0.890. The molecule has 3 rings (SSSR count). The average Bonchev–Trinajstić information content (AvgIpc) is 2.91. The fourth-order valence-electron chi connectivity index (χ4n) is 3.81. The maximum absolute atomic E-state index is 12.7. The van der Waals surface area contributed by atoms with Crippen LogP contribution in [0.5, 0.6) is 0 Å². The highest BCUT2D eigenvalue weighted by molar-refractivity contribution is 5.86. The lowest BCUT2D eigenvalue weighted by Crippen LogP contribution is -2.40. The summed E-state index contributed by atoms with van der Waals surface area (Å²) in [4.78, 5) is 12.7. The molecule has 0 radical (unpaired) electrons. The number of benzene rings is 1. The van der Waals surface area contributed by atoms with Crippen LogP contribution in [-0.2, 0) is 4.79 Å². The van der Waals surface area contributed by atoms with E-state index in [1.165, 1.54) is 25.7 Å². The highest BCUT2D eigenvalue weighted by Gasteiger charge is 2.32. The van der Waals surface area contributed by atoms with Crippen LogP contribution in [0, 0.1) is 5.41 Å². The predicted molar refractivity (Wildman–Crippen MR) is 86.5 cm³/mol. The highest BCUT2D eigenvalue weighted by Crippen LogP contribution is 2.38. The molecule has 0 spiro atoms. The Morgan fingerprint density at radius 2 is 2.05 bits per heavy atom. The van der Waals surface area contributed by atoms with E-state index in [-0.39, 0.29) is 11.8 Å². The molecule has 1 saturated carbocycles. The third-order valence-electron chi connectivity index (χ3n) is 5.14. The van der Waals surface area contributed by atoms with E-state index in [0.29, 0.717) is 11.5 Å². The highest BCUT2D eigenvalue weighted by atomic mass is 16.1. The number of nitrogens with one attached hydrogen (secondary N) is 2. The van der Waals surface area contributed by atoms with E-state index in [2.05, 4.69) is 36.6 Å². The molecule has 3 heteroatoms. The van der Waals surface area contributed by atoms with Crippen LogP contribution >= 0.6 is 0 Å². The normalized spacial score (nSPS) is 26.8. The molecule has 2 N–H and O–H groups in total. The molecule has 1 aliphatic heterocycles. The first-order valence-electron chi connectivity index (χ1n) is 8.21. The minimum absolute atomic E-state index is 0.0116. The molecule has 114 valence electrons. The van der Waals surface area contributed by atoms with Gasteiger partial charge in [-0.1, -0.05) is 38.0 Å². The molecule has 1 aromatic rings. The molecule has 2 atom stereocenters. The second-order valence-corrected chi connectivity index (χ2v) is 7.16. The van der Waals surface area contributed by atoms with Crippen molar-refractivity contribution in [2.24, 2.45) is 5.41 Å². The van der Waals surface area contributed by atoms with Gasteiger partial charge in [-0.15, -0.1) is 0 Å². The van der Waals surface area contributed by atoms with E-state index in [1.807, 2.05) is 12.1 Å². The number of fused-ring (bicyclic) bond motifs is 1. The first-order chi connectivity index (χ1) is 10.1. The molecule has 1 fully saturated rings. The minimum atomic E-state index is -0.0116. The van der Waals surface area contributed by atoms with Gasteiger partial charge in [-0.2, -0.15) is 0 Å². The fraction of sp³-hybridized carbons (Fsp3) is 0.611. The van der Waals surface area contributed by atoms with E-state index in [9.17, 15) is 4.79 Å². The van der Waals surface area contributed by atoms with Crippen molar-refractivity contribution in [3.63, 3.8) is 0 Å². The zero-order valence-electron chi connectivity index (χ0n) is 13.1. The fourth-order valence-corrected chi connectivity index (χ4v) is 3.81. The van der Waals surface area contributed by atoms with Crippen LogP contribution < -0.4 is 10.6 Å². The lowest BCUT2D eigenvalue weighted by molar-refractivity contribution is -0.123. The van der Waals surface area contributed by atoms with Gasteiger partial charge in [0.2, 0.25) is 5.91 Å². The van der Waals surface area contributed by atoms with Gasteiger partial charge in [-0.05, 0) is 43.2 Å². The Kier molecular flexibility index (Phi) is 3.92. The van der Waals surface area contributed by atoms with Crippen LogP contribution in [-0.4, -0.2) is 18.5 Å². The molecule has 2 aliphatic rings.